The van der Waals surface area contributed by atoms with Crippen molar-refractivity contribution in [3.8, 4) is 6.07 Å². The predicted molar refractivity (Wildman–Crippen MR) is 92.7 cm³/mol. The predicted octanol–water partition coefficient (Wildman–Crippen LogP) is 3.52. The van der Waals surface area contributed by atoms with E-state index < -0.39 is 12.6 Å². The average Bonchev–Trinajstić information content (AvgIpc) is 3.04. The molecule has 3 rings (SSSR count). The van der Waals surface area contributed by atoms with Gasteiger partial charge in [-0.3, -0.25) is 0 Å². The second-order valence-corrected chi connectivity index (χ2v) is 5.48. The summed E-state index contributed by atoms with van der Waals surface area (Å²) < 4.78 is 5.07. The van der Waals surface area contributed by atoms with Crippen molar-refractivity contribution in [3.05, 3.63) is 71.2 Å². The van der Waals surface area contributed by atoms with Gasteiger partial charge in [-0.05, 0) is 31.2 Å². The van der Waals surface area contributed by atoms with E-state index in [2.05, 4.69) is 9.97 Å². The third-order valence-electron chi connectivity index (χ3n) is 3.65. The number of aromatic amines is 1. The highest BCUT2D eigenvalue weighted by Gasteiger charge is 2.15. The second-order valence-electron chi connectivity index (χ2n) is 5.48. The van der Waals surface area contributed by atoms with E-state index in [1.54, 1.807) is 30.3 Å². The molecule has 0 aliphatic rings. The molecular formula is C19H15N3O3. The number of hydrogen-bond acceptors (Lipinski definition) is 5. The Bertz CT molecular complexity index is 962. The van der Waals surface area contributed by atoms with Crippen molar-refractivity contribution < 1.29 is 14.6 Å². The number of nitriles is 1. The first-order valence-electron chi connectivity index (χ1n) is 7.59. The van der Waals surface area contributed by atoms with E-state index in [1.165, 1.54) is 0 Å². The van der Waals surface area contributed by atoms with Gasteiger partial charge in [0.1, 0.15) is 18.2 Å². The molecule has 0 atom stereocenters. The minimum absolute atomic E-state index is 0.0621. The van der Waals surface area contributed by atoms with Crippen LogP contribution < -0.4 is 0 Å². The van der Waals surface area contributed by atoms with Gasteiger partial charge in [-0.1, -0.05) is 29.8 Å². The number of fused-ring (bicyclic) bond motifs is 1. The van der Waals surface area contributed by atoms with Gasteiger partial charge in [0.05, 0.1) is 16.6 Å². The van der Waals surface area contributed by atoms with E-state index in [-0.39, 0.29) is 17.2 Å². The van der Waals surface area contributed by atoms with E-state index in [0.717, 1.165) is 11.1 Å². The second kappa shape index (κ2) is 6.89. The lowest BCUT2D eigenvalue weighted by Gasteiger charge is -2.06. The summed E-state index contributed by atoms with van der Waals surface area (Å²) >= 11 is 0. The molecule has 6 nitrogen and oxygen atoms in total. The first-order valence-corrected chi connectivity index (χ1v) is 7.59. The number of para-hydroxylation sites is 2. The van der Waals surface area contributed by atoms with Gasteiger partial charge in [-0.2, -0.15) is 5.26 Å². The van der Waals surface area contributed by atoms with Crippen LogP contribution in [0.4, 0.5) is 0 Å². The zero-order valence-electron chi connectivity index (χ0n) is 13.5. The third kappa shape index (κ3) is 3.51. The normalized spacial score (nSPS) is 11.7. The molecule has 0 unspecified atom stereocenters. The number of H-pyrrole nitrogens is 1. The zero-order valence-corrected chi connectivity index (χ0v) is 13.5. The maximum atomic E-state index is 12.0. The summed E-state index contributed by atoms with van der Waals surface area (Å²) in [5.74, 6) is -0.706. The Kier molecular flexibility index (Phi) is 4.48. The zero-order chi connectivity index (χ0) is 17.8. The van der Waals surface area contributed by atoms with Crippen LogP contribution in [0.2, 0.25) is 0 Å². The lowest BCUT2D eigenvalue weighted by Crippen LogP contribution is -2.09. The van der Waals surface area contributed by atoms with Crippen LogP contribution in [0.5, 0.6) is 0 Å². The minimum Gasteiger partial charge on any atom is -0.507 e. The minimum atomic E-state index is -0.576. The van der Waals surface area contributed by atoms with Crippen LogP contribution in [0.25, 0.3) is 16.6 Å². The van der Waals surface area contributed by atoms with Gasteiger partial charge in [0.2, 0.25) is 0 Å². The highest BCUT2D eigenvalue weighted by Crippen LogP contribution is 2.19. The van der Waals surface area contributed by atoms with E-state index in [0.29, 0.717) is 11.1 Å². The summed E-state index contributed by atoms with van der Waals surface area (Å²) in [6.45, 7) is 1.50. The van der Waals surface area contributed by atoms with Crippen LogP contribution in [0.3, 0.4) is 0 Å². The maximum absolute atomic E-state index is 12.0. The van der Waals surface area contributed by atoms with E-state index in [9.17, 15) is 15.2 Å². The molecule has 25 heavy (non-hydrogen) atoms. The monoisotopic (exact) mass is 333 g/mol. The molecule has 6 heteroatoms. The number of imidazole rings is 1. The third-order valence-corrected chi connectivity index (χ3v) is 3.65. The van der Waals surface area contributed by atoms with Crippen LogP contribution in [-0.2, 0) is 4.74 Å². The quantitative estimate of drug-likeness (QED) is 0.432. The Morgan fingerprint density at radius 2 is 1.96 bits per heavy atom. The fraction of sp³-hybridized carbons (Fsp3) is 0.105. The topological polar surface area (TPSA) is 99.0 Å². The Morgan fingerprint density at radius 3 is 2.64 bits per heavy atom. The maximum Gasteiger partial charge on any atom is 0.338 e. The summed E-state index contributed by atoms with van der Waals surface area (Å²) in [5, 5.41) is 19.5. The highest BCUT2D eigenvalue weighted by atomic mass is 16.5. The highest BCUT2D eigenvalue weighted by molar-refractivity contribution is 5.89. The van der Waals surface area contributed by atoms with Gasteiger partial charge in [0.25, 0.3) is 0 Å². The molecule has 0 bridgehead atoms. The van der Waals surface area contributed by atoms with Crippen LogP contribution in [0.15, 0.2) is 54.3 Å². The lowest BCUT2D eigenvalue weighted by molar-refractivity contribution is 0.0503. The van der Waals surface area contributed by atoms with Crippen molar-refractivity contribution in [1.82, 2.24) is 9.97 Å². The molecule has 1 heterocycles. The van der Waals surface area contributed by atoms with Gasteiger partial charge in [-0.15, -0.1) is 0 Å². The van der Waals surface area contributed by atoms with Crippen LogP contribution >= 0.6 is 0 Å². The Balaban J connectivity index is 1.78. The van der Waals surface area contributed by atoms with Crippen molar-refractivity contribution in [3.63, 3.8) is 0 Å². The van der Waals surface area contributed by atoms with Crippen LogP contribution in [0.1, 0.15) is 21.7 Å². The van der Waals surface area contributed by atoms with Crippen molar-refractivity contribution in [1.29, 1.82) is 5.26 Å². The molecule has 0 amide bonds. The summed E-state index contributed by atoms with van der Waals surface area (Å²) in [5.41, 5.74) is 2.76. The average molecular weight is 333 g/mol. The fourth-order valence-corrected chi connectivity index (χ4v) is 2.30. The number of aromatic nitrogens is 2. The van der Waals surface area contributed by atoms with Gasteiger partial charge in [0.15, 0.2) is 11.6 Å². The standard InChI is InChI=1S/C19H15N3O3/c1-12-6-8-13(9-7-12)19(24)25-11-17(23)14(10-20)18-21-15-4-2-3-5-16(15)22-18/h2-9,23H,11H2,1H3,(H,21,22)/b17-14-. The molecular weight excluding hydrogens is 318 g/mol. The van der Waals surface area contributed by atoms with Gasteiger partial charge >= 0.3 is 5.97 Å². The van der Waals surface area contributed by atoms with Crippen molar-refractivity contribution in [2.24, 2.45) is 0 Å². The van der Waals surface area contributed by atoms with E-state index >= 15 is 0 Å². The number of aliphatic hydroxyl groups is 1. The van der Waals surface area contributed by atoms with Crippen LogP contribution in [0, 0.1) is 18.3 Å². The SMILES string of the molecule is Cc1ccc(C(=O)OC/C(O)=C(\C#N)c2nc3ccccc3[nH]2)cc1. The largest absolute Gasteiger partial charge is 0.507 e. The molecule has 0 radical (unpaired) electrons. The number of nitrogens with one attached hydrogen (secondary N) is 1. The van der Waals surface area contributed by atoms with Gasteiger partial charge in [0, 0.05) is 0 Å². The molecule has 0 fully saturated rings. The van der Waals surface area contributed by atoms with Crippen molar-refractivity contribution in [2.75, 3.05) is 6.61 Å². The number of nitrogens with zero attached hydrogens (tertiary/aromatic N) is 2. The number of esters is 1. The van der Waals surface area contributed by atoms with E-state index in [4.69, 9.17) is 4.74 Å². The molecule has 1 aromatic heterocycles. The summed E-state index contributed by atoms with van der Waals surface area (Å²) in [7, 11) is 0. The first kappa shape index (κ1) is 16.3. The molecule has 0 saturated carbocycles. The number of benzene rings is 2. The molecule has 3 aromatic rings. The van der Waals surface area contributed by atoms with Gasteiger partial charge in [-0.25, -0.2) is 9.78 Å². The van der Waals surface area contributed by atoms with E-state index in [1.807, 2.05) is 31.2 Å². The smallest absolute Gasteiger partial charge is 0.338 e. The number of carbonyl (C=O) groups excluding carboxylic acids is 1. The number of aryl methyl sites for hydroxylation is 1. The Morgan fingerprint density at radius 1 is 1.24 bits per heavy atom. The first-order chi connectivity index (χ1) is 12.1. The molecule has 2 aromatic carbocycles. The number of rotatable bonds is 4. The van der Waals surface area contributed by atoms with Crippen molar-refractivity contribution >= 4 is 22.6 Å². The fourth-order valence-electron chi connectivity index (χ4n) is 2.30. The number of ether oxygens (including phenoxy) is 1. The molecule has 0 saturated heterocycles. The van der Waals surface area contributed by atoms with Crippen molar-refractivity contribution in [2.45, 2.75) is 6.92 Å². The number of carbonyl (C=O) groups is 1. The number of aliphatic hydroxyl groups excluding tert-OH is 1. The Hall–Kier alpha value is -3.59. The Labute approximate surface area is 144 Å². The summed E-state index contributed by atoms with van der Waals surface area (Å²) in [6, 6.07) is 16.0. The van der Waals surface area contributed by atoms with Gasteiger partial charge < -0.3 is 14.8 Å². The summed E-state index contributed by atoms with van der Waals surface area (Å²) in [6.07, 6.45) is 0. The molecule has 124 valence electrons. The van der Waals surface area contributed by atoms with Crippen LogP contribution in [-0.4, -0.2) is 27.7 Å². The molecule has 0 aliphatic heterocycles. The lowest BCUT2D eigenvalue weighted by atomic mass is 10.1. The number of allylic oxidation sites excluding steroid dienone is 1. The summed E-state index contributed by atoms with van der Waals surface area (Å²) in [4.78, 5) is 19.2. The molecule has 2 N–H and O–H groups in total. The molecule has 0 aliphatic carbocycles. The molecule has 0 spiro atoms. The number of hydrogen-bond donors (Lipinski definition) is 2.